The minimum absolute atomic E-state index is 0.346. The summed E-state index contributed by atoms with van der Waals surface area (Å²) in [6.07, 6.45) is -2.00. The maximum atomic E-state index is 11.1. The summed E-state index contributed by atoms with van der Waals surface area (Å²) < 4.78 is 28.6. The van der Waals surface area contributed by atoms with Crippen LogP contribution >= 0.6 is 0 Å². The molecule has 0 bridgehead atoms. The zero-order valence-corrected chi connectivity index (χ0v) is 12.4. The van der Waals surface area contributed by atoms with Gasteiger partial charge in [0.25, 0.3) is 0 Å². The molecule has 22 heavy (non-hydrogen) atoms. The molecule has 0 unspecified atom stereocenters. The highest BCUT2D eigenvalue weighted by molar-refractivity contribution is 5.17. The normalized spacial score (nSPS) is 44.4. The van der Waals surface area contributed by atoms with Crippen LogP contribution in [0.15, 0.2) is 30.3 Å². The maximum absolute atomic E-state index is 11.1. The van der Waals surface area contributed by atoms with Crippen molar-refractivity contribution in [2.75, 3.05) is 20.3 Å². The van der Waals surface area contributed by atoms with Crippen molar-refractivity contribution in [3.8, 4) is 0 Å². The van der Waals surface area contributed by atoms with E-state index < -0.39 is 30.4 Å². The molecule has 0 saturated carbocycles. The van der Waals surface area contributed by atoms with Crippen LogP contribution in [0.2, 0.25) is 0 Å². The molecule has 6 nitrogen and oxygen atoms in total. The van der Waals surface area contributed by atoms with Gasteiger partial charge in [0.1, 0.15) is 23.9 Å². The highest BCUT2D eigenvalue weighted by atomic mass is 16.8. The first-order valence-electron chi connectivity index (χ1n) is 7.56. The third-order valence-corrected chi connectivity index (χ3v) is 4.67. The maximum Gasteiger partial charge on any atom is 0.186 e. The van der Waals surface area contributed by atoms with Gasteiger partial charge in [0.15, 0.2) is 12.6 Å². The standard InChI is InChI=1S/C16H20O6/c1-18-15-13-16(17,7-8-19-13)12-11(21-15)9-20-14(22-12)10-5-3-2-4-6-10/h2-6,11-15,17H,7-9H2,1H3/t11-,12-,13+,14-,15+,16+/m1/s1. The van der Waals surface area contributed by atoms with Gasteiger partial charge in [-0.05, 0) is 0 Å². The second kappa shape index (κ2) is 5.56. The molecule has 3 heterocycles. The van der Waals surface area contributed by atoms with Gasteiger partial charge >= 0.3 is 0 Å². The number of methoxy groups -OCH3 is 1. The lowest BCUT2D eigenvalue weighted by atomic mass is 9.83. The van der Waals surface area contributed by atoms with Gasteiger partial charge in [0.05, 0.1) is 13.2 Å². The summed E-state index contributed by atoms with van der Waals surface area (Å²) in [4.78, 5) is 0. The van der Waals surface area contributed by atoms with Crippen LogP contribution in [-0.2, 0) is 23.7 Å². The Kier molecular flexibility index (Phi) is 3.68. The zero-order valence-electron chi connectivity index (χ0n) is 12.4. The minimum Gasteiger partial charge on any atom is -0.384 e. The third-order valence-electron chi connectivity index (χ3n) is 4.67. The Hall–Kier alpha value is -1.02. The quantitative estimate of drug-likeness (QED) is 0.879. The van der Waals surface area contributed by atoms with Gasteiger partial charge in [-0.2, -0.15) is 0 Å². The van der Waals surface area contributed by atoms with E-state index in [1.54, 1.807) is 7.11 Å². The van der Waals surface area contributed by atoms with E-state index in [0.717, 1.165) is 5.56 Å². The Morgan fingerprint density at radius 1 is 1.14 bits per heavy atom. The Morgan fingerprint density at radius 2 is 1.95 bits per heavy atom. The molecule has 120 valence electrons. The van der Waals surface area contributed by atoms with Gasteiger partial charge in [0, 0.05) is 19.1 Å². The summed E-state index contributed by atoms with van der Waals surface area (Å²) in [5, 5.41) is 11.1. The first kappa shape index (κ1) is 14.6. The molecule has 3 saturated heterocycles. The van der Waals surface area contributed by atoms with Gasteiger partial charge in [-0.15, -0.1) is 0 Å². The fraction of sp³-hybridized carbons (Fsp3) is 0.625. The van der Waals surface area contributed by atoms with Crippen LogP contribution in [0.5, 0.6) is 0 Å². The van der Waals surface area contributed by atoms with Crippen LogP contribution in [0, 0.1) is 0 Å². The van der Waals surface area contributed by atoms with E-state index in [9.17, 15) is 5.11 Å². The summed E-state index contributed by atoms with van der Waals surface area (Å²) in [6.45, 7) is 0.812. The molecule has 0 radical (unpaired) electrons. The molecule has 3 aliphatic rings. The second-order valence-electron chi connectivity index (χ2n) is 5.94. The van der Waals surface area contributed by atoms with E-state index in [0.29, 0.717) is 19.6 Å². The van der Waals surface area contributed by atoms with E-state index in [1.165, 1.54) is 0 Å². The molecular weight excluding hydrogens is 288 g/mol. The summed E-state index contributed by atoms with van der Waals surface area (Å²) in [5.74, 6) is 0. The van der Waals surface area contributed by atoms with Crippen LogP contribution in [-0.4, -0.2) is 55.6 Å². The van der Waals surface area contributed by atoms with Crippen LogP contribution in [0.3, 0.4) is 0 Å². The first-order chi connectivity index (χ1) is 10.7. The Morgan fingerprint density at radius 3 is 2.73 bits per heavy atom. The molecule has 4 rings (SSSR count). The van der Waals surface area contributed by atoms with Crippen molar-refractivity contribution in [2.45, 2.75) is 42.9 Å². The smallest absolute Gasteiger partial charge is 0.186 e. The Balaban J connectivity index is 1.60. The highest BCUT2D eigenvalue weighted by Crippen LogP contribution is 2.44. The monoisotopic (exact) mass is 308 g/mol. The average Bonchev–Trinajstić information content (AvgIpc) is 2.97. The van der Waals surface area contributed by atoms with Crippen LogP contribution in [0.25, 0.3) is 0 Å². The molecule has 3 fully saturated rings. The van der Waals surface area contributed by atoms with Crippen molar-refractivity contribution >= 4 is 0 Å². The van der Waals surface area contributed by atoms with Crippen molar-refractivity contribution < 1.29 is 28.8 Å². The lowest BCUT2D eigenvalue weighted by molar-refractivity contribution is -0.374. The number of rotatable bonds is 2. The molecule has 1 aromatic carbocycles. The number of hydrogen-bond acceptors (Lipinski definition) is 6. The zero-order chi connectivity index (χ0) is 15.2. The molecule has 6 atom stereocenters. The number of fused-ring (bicyclic) bond motifs is 3. The summed E-state index contributed by atoms with van der Waals surface area (Å²) >= 11 is 0. The van der Waals surface area contributed by atoms with E-state index in [1.807, 2.05) is 30.3 Å². The highest BCUT2D eigenvalue weighted by Gasteiger charge is 2.61. The van der Waals surface area contributed by atoms with E-state index >= 15 is 0 Å². The van der Waals surface area contributed by atoms with Crippen LogP contribution < -0.4 is 0 Å². The van der Waals surface area contributed by atoms with E-state index in [4.69, 9.17) is 23.7 Å². The molecule has 1 N–H and O–H groups in total. The molecule has 1 aromatic rings. The van der Waals surface area contributed by atoms with Crippen LogP contribution in [0.1, 0.15) is 18.3 Å². The number of ether oxygens (including phenoxy) is 5. The fourth-order valence-electron chi connectivity index (χ4n) is 3.54. The summed E-state index contributed by atoms with van der Waals surface area (Å²) in [5.41, 5.74) is -0.186. The summed E-state index contributed by atoms with van der Waals surface area (Å²) in [7, 11) is 1.55. The number of aliphatic hydroxyl groups is 1. The molecule has 6 heteroatoms. The van der Waals surface area contributed by atoms with E-state index in [-0.39, 0.29) is 6.10 Å². The van der Waals surface area contributed by atoms with Crippen LogP contribution in [0.4, 0.5) is 0 Å². The molecular formula is C16H20O6. The Bertz CT molecular complexity index is 523. The molecule has 0 spiro atoms. The van der Waals surface area contributed by atoms with Crippen molar-refractivity contribution in [2.24, 2.45) is 0 Å². The topological polar surface area (TPSA) is 66.4 Å². The lowest BCUT2D eigenvalue weighted by Crippen LogP contribution is -2.67. The minimum atomic E-state index is -1.11. The predicted molar refractivity (Wildman–Crippen MR) is 75.0 cm³/mol. The van der Waals surface area contributed by atoms with E-state index in [2.05, 4.69) is 0 Å². The Labute approximate surface area is 128 Å². The lowest BCUT2D eigenvalue weighted by Gasteiger charge is -2.50. The average molecular weight is 308 g/mol. The third kappa shape index (κ3) is 2.19. The van der Waals surface area contributed by atoms with Crippen molar-refractivity contribution in [1.82, 2.24) is 0 Å². The fourth-order valence-corrected chi connectivity index (χ4v) is 3.54. The van der Waals surface area contributed by atoms with Crippen molar-refractivity contribution in [1.29, 1.82) is 0 Å². The summed E-state index contributed by atoms with van der Waals surface area (Å²) in [6, 6.07) is 9.69. The van der Waals surface area contributed by atoms with Gasteiger partial charge in [0.2, 0.25) is 0 Å². The van der Waals surface area contributed by atoms with Crippen molar-refractivity contribution in [3.05, 3.63) is 35.9 Å². The number of benzene rings is 1. The second-order valence-corrected chi connectivity index (χ2v) is 5.94. The first-order valence-corrected chi connectivity index (χ1v) is 7.56. The molecule has 0 amide bonds. The predicted octanol–water partition coefficient (Wildman–Crippen LogP) is 0.992. The van der Waals surface area contributed by atoms with Gasteiger partial charge in [-0.3, -0.25) is 0 Å². The van der Waals surface area contributed by atoms with Gasteiger partial charge in [-0.1, -0.05) is 30.3 Å². The molecule has 0 aliphatic carbocycles. The largest absolute Gasteiger partial charge is 0.384 e. The molecule has 3 aliphatic heterocycles. The molecule has 0 aromatic heterocycles. The van der Waals surface area contributed by atoms with Gasteiger partial charge < -0.3 is 28.8 Å². The SMILES string of the molecule is CO[C@H]1O[C@@H]2CO[C@@H](c3ccccc3)O[C@H]2[C@@]2(O)CCO[C@@H]12. The van der Waals surface area contributed by atoms with Gasteiger partial charge in [-0.25, -0.2) is 0 Å². The van der Waals surface area contributed by atoms with Crippen molar-refractivity contribution in [3.63, 3.8) is 0 Å². The number of hydrogen-bond donors (Lipinski definition) is 1.